The number of nitrogens with zero attached hydrogens (tertiary/aromatic N) is 4. The molecule has 138 valence electrons. The molecule has 3 aromatic rings. The molecular weight excluding hydrogens is 343 g/mol. The molecule has 27 heavy (non-hydrogen) atoms. The average molecular weight is 364 g/mol. The lowest BCUT2D eigenvalue weighted by molar-refractivity contribution is 0.289. The number of halogens is 1. The third kappa shape index (κ3) is 2.88. The van der Waals surface area contributed by atoms with E-state index in [1.165, 1.54) is 19.2 Å². The van der Waals surface area contributed by atoms with Crippen LogP contribution in [0.3, 0.4) is 0 Å². The number of nitrogens with one attached hydrogen (secondary N) is 2. The normalized spacial score (nSPS) is 21.6. The Morgan fingerprint density at radius 2 is 2.11 bits per heavy atom. The minimum atomic E-state index is -0.278. The van der Waals surface area contributed by atoms with Crippen molar-refractivity contribution in [2.45, 2.75) is 31.8 Å². The van der Waals surface area contributed by atoms with Crippen molar-refractivity contribution >= 4 is 28.4 Å². The number of fused-ring (bicyclic) bond motifs is 4. The number of benzene rings is 1. The Morgan fingerprint density at radius 1 is 1.19 bits per heavy atom. The van der Waals surface area contributed by atoms with E-state index in [0.717, 1.165) is 24.4 Å². The van der Waals surface area contributed by atoms with E-state index < -0.39 is 0 Å². The second kappa shape index (κ2) is 6.42. The van der Waals surface area contributed by atoms with Gasteiger partial charge in [0.05, 0.1) is 11.2 Å². The number of piperidine rings is 2. The van der Waals surface area contributed by atoms with Crippen LogP contribution in [0.15, 0.2) is 36.7 Å². The molecule has 6 nitrogen and oxygen atoms in total. The van der Waals surface area contributed by atoms with E-state index in [0.29, 0.717) is 34.7 Å². The van der Waals surface area contributed by atoms with Crippen LogP contribution in [0.5, 0.6) is 0 Å². The SMILES string of the molecule is Cc1cccc(Nc2ncnc3ccc(N4C[C@@H]5CCC4CN5)nc23)c1F. The summed E-state index contributed by atoms with van der Waals surface area (Å²) in [5.74, 6) is 1.17. The molecule has 2 atom stereocenters. The van der Waals surface area contributed by atoms with Gasteiger partial charge in [0.1, 0.15) is 23.5 Å². The highest BCUT2D eigenvalue weighted by atomic mass is 19.1. The lowest BCUT2D eigenvalue weighted by atomic mass is 9.93. The molecule has 3 aliphatic heterocycles. The van der Waals surface area contributed by atoms with Crippen molar-refractivity contribution in [3.63, 3.8) is 0 Å². The van der Waals surface area contributed by atoms with Gasteiger partial charge in [-0.2, -0.15) is 0 Å². The Kier molecular flexibility index (Phi) is 3.89. The lowest BCUT2D eigenvalue weighted by Crippen LogP contribution is -2.61. The van der Waals surface area contributed by atoms with Crippen LogP contribution in [0.25, 0.3) is 11.0 Å². The first-order chi connectivity index (χ1) is 13.2. The number of piperazine rings is 1. The topological polar surface area (TPSA) is 66.0 Å². The zero-order chi connectivity index (χ0) is 18.4. The summed E-state index contributed by atoms with van der Waals surface area (Å²) in [6, 6.07) is 10.2. The van der Waals surface area contributed by atoms with Crippen LogP contribution in [-0.2, 0) is 0 Å². The van der Waals surface area contributed by atoms with Crippen LogP contribution in [0.2, 0.25) is 0 Å². The first-order valence-electron chi connectivity index (χ1n) is 9.33. The first kappa shape index (κ1) is 16.4. The number of anilines is 3. The Hall–Kier alpha value is -2.80. The highest BCUT2D eigenvalue weighted by Gasteiger charge is 2.34. The van der Waals surface area contributed by atoms with E-state index in [-0.39, 0.29) is 5.82 Å². The van der Waals surface area contributed by atoms with Crippen molar-refractivity contribution < 1.29 is 4.39 Å². The quantitative estimate of drug-likeness (QED) is 0.744. The third-order valence-electron chi connectivity index (χ3n) is 5.55. The van der Waals surface area contributed by atoms with E-state index in [2.05, 4.69) is 25.5 Å². The molecule has 5 heterocycles. The molecular formula is C20H21FN6. The zero-order valence-corrected chi connectivity index (χ0v) is 15.1. The Bertz CT molecular complexity index is 999. The molecule has 6 rings (SSSR count). The van der Waals surface area contributed by atoms with E-state index in [4.69, 9.17) is 4.98 Å². The predicted molar refractivity (Wildman–Crippen MR) is 104 cm³/mol. The Morgan fingerprint density at radius 3 is 2.89 bits per heavy atom. The fourth-order valence-corrected chi connectivity index (χ4v) is 4.04. The molecule has 7 heteroatoms. The Labute approximate surface area is 156 Å². The van der Waals surface area contributed by atoms with Crippen LogP contribution >= 0.6 is 0 Å². The highest BCUT2D eigenvalue weighted by Crippen LogP contribution is 2.30. The molecule has 1 aromatic carbocycles. The minimum Gasteiger partial charge on any atom is -0.351 e. The maximum absolute atomic E-state index is 14.4. The summed E-state index contributed by atoms with van der Waals surface area (Å²) in [5.41, 5.74) is 2.38. The van der Waals surface area contributed by atoms with Crippen molar-refractivity contribution in [3.05, 3.63) is 48.0 Å². The molecule has 2 aromatic heterocycles. The fourth-order valence-electron chi connectivity index (χ4n) is 4.04. The van der Waals surface area contributed by atoms with E-state index in [1.807, 2.05) is 18.2 Å². The molecule has 3 saturated heterocycles. The molecule has 2 bridgehead atoms. The van der Waals surface area contributed by atoms with Gasteiger partial charge < -0.3 is 15.5 Å². The van der Waals surface area contributed by atoms with Crippen molar-refractivity contribution in [3.8, 4) is 0 Å². The molecule has 3 aliphatic rings. The number of aryl methyl sites for hydroxylation is 1. The summed E-state index contributed by atoms with van der Waals surface area (Å²) in [6.45, 7) is 3.70. The van der Waals surface area contributed by atoms with Crippen LogP contribution in [-0.4, -0.2) is 40.1 Å². The Balaban J connectivity index is 1.54. The van der Waals surface area contributed by atoms with E-state index >= 15 is 0 Å². The van der Waals surface area contributed by atoms with E-state index in [9.17, 15) is 4.39 Å². The van der Waals surface area contributed by atoms with Gasteiger partial charge in [0.25, 0.3) is 0 Å². The van der Waals surface area contributed by atoms with Gasteiger partial charge in [-0.25, -0.2) is 19.3 Å². The summed E-state index contributed by atoms with van der Waals surface area (Å²) in [5, 5.41) is 6.66. The summed E-state index contributed by atoms with van der Waals surface area (Å²) in [4.78, 5) is 15.9. The molecule has 3 fully saturated rings. The van der Waals surface area contributed by atoms with Crippen LogP contribution in [0, 0.1) is 12.7 Å². The largest absolute Gasteiger partial charge is 0.351 e. The molecule has 0 saturated carbocycles. The van der Waals surface area contributed by atoms with Crippen molar-refractivity contribution in [1.29, 1.82) is 0 Å². The minimum absolute atomic E-state index is 0.278. The van der Waals surface area contributed by atoms with Gasteiger partial charge in [-0.15, -0.1) is 0 Å². The average Bonchev–Trinajstić information content (AvgIpc) is 2.72. The number of hydrogen-bond donors (Lipinski definition) is 2. The number of aromatic nitrogens is 3. The maximum Gasteiger partial charge on any atom is 0.160 e. The van der Waals surface area contributed by atoms with Gasteiger partial charge >= 0.3 is 0 Å². The number of pyridine rings is 1. The molecule has 0 aliphatic carbocycles. The standard InChI is InChI=1S/C20H21FN6/c1-12-3-2-4-15(18(12)21)25-20-19-16(23-11-24-20)7-8-17(26-19)27-10-13-5-6-14(27)9-22-13/h2-4,7-8,11,13-14,22H,5-6,9-10H2,1H3,(H,23,24,25)/t13-,14?/m0/s1. The first-order valence-corrected chi connectivity index (χ1v) is 9.33. The van der Waals surface area contributed by atoms with Crippen LogP contribution < -0.4 is 15.5 Å². The predicted octanol–water partition coefficient (Wildman–Crippen LogP) is 3.16. The second-order valence-electron chi connectivity index (χ2n) is 7.31. The zero-order valence-electron chi connectivity index (χ0n) is 15.1. The molecule has 1 unspecified atom stereocenters. The number of hydrogen-bond acceptors (Lipinski definition) is 6. The summed E-state index contributed by atoms with van der Waals surface area (Å²) in [7, 11) is 0. The maximum atomic E-state index is 14.4. The number of rotatable bonds is 3. The van der Waals surface area contributed by atoms with Crippen molar-refractivity contribution in [2.24, 2.45) is 0 Å². The van der Waals surface area contributed by atoms with Gasteiger partial charge in [-0.1, -0.05) is 12.1 Å². The van der Waals surface area contributed by atoms with Gasteiger partial charge in [-0.3, -0.25) is 0 Å². The molecule has 2 N–H and O–H groups in total. The molecule has 0 amide bonds. The second-order valence-corrected chi connectivity index (χ2v) is 7.31. The fraction of sp³-hybridized carbons (Fsp3) is 0.350. The summed E-state index contributed by atoms with van der Waals surface area (Å²) in [6.07, 6.45) is 3.88. The molecule has 0 radical (unpaired) electrons. The van der Waals surface area contributed by atoms with Gasteiger partial charge in [0, 0.05) is 25.2 Å². The monoisotopic (exact) mass is 364 g/mol. The van der Waals surface area contributed by atoms with Crippen molar-refractivity contribution in [1.82, 2.24) is 20.3 Å². The third-order valence-corrected chi connectivity index (χ3v) is 5.55. The van der Waals surface area contributed by atoms with Gasteiger partial charge in [0.15, 0.2) is 5.82 Å². The molecule has 0 spiro atoms. The lowest BCUT2D eigenvalue weighted by Gasteiger charge is -2.46. The van der Waals surface area contributed by atoms with Gasteiger partial charge in [0.2, 0.25) is 0 Å². The summed E-state index contributed by atoms with van der Waals surface area (Å²) < 4.78 is 14.4. The summed E-state index contributed by atoms with van der Waals surface area (Å²) >= 11 is 0. The van der Waals surface area contributed by atoms with Crippen molar-refractivity contribution in [2.75, 3.05) is 23.3 Å². The van der Waals surface area contributed by atoms with E-state index in [1.54, 1.807) is 19.1 Å². The highest BCUT2D eigenvalue weighted by molar-refractivity contribution is 5.88. The van der Waals surface area contributed by atoms with Gasteiger partial charge in [-0.05, 0) is 43.5 Å². The smallest absolute Gasteiger partial charge is 0.160 e. The van der Waals surface area contributed by atoms with Crippen LogP contribution in [0.4, 0.5) is 21.7 Å². The van der Waals surface area contributed by atoms with Crippen LogP contribution in [0.1, 0.15) is 18.4 Å².